The molecule has 0 saturated heterocycles. The monoisotopic (exact) mass is 348 g/mol. The van der Waals surface area contributed by atoms with Crippen LogP contribution in [-0.2, 0) is 0 Å². The van der Waals surface area contributed by atoms with Crippen molar-refractivity contribution in [3.05, 3.63) is 77.9 Å². The second kappa shape index (κ2) is 7.42. The van der Waals surface area contributed by atoms with E-state index in [-0.39, 0.29) is 0 Å². The Labute approximate surface area is 148 Å². The van der Waals surface area contributed by atoms with Crippen molar-refractivity contribution in [3.8, 4) is 22.3 Å². The van der Waals surface area contributed by atoms with Crippen LogP contribution in [0, 0.1) is 13.8 Å². The Morgan fingerprint density at radius 3 is 1.96 bits per heavy atom. The van der Waals surface area contributed by atoms with E-state index in [1.807, 2.05) is 36.4 Å². The largest absolute Gasteiger partial charge is 0.594 e. The number of nitrogens with one attached hydrogen (secondary N) is 1. The van der Waals surface area contributed by atoms with E-state index in [1.165, 1.54) is 5.56 Å². The molecule has 0 unspecified atom stereocenters. The quantitative estimate of drug-likeness (QED) is 0.699. The Kier molecular flexibility index (Phi) is 5.06. The van der Waals surface area contributed by atoms with Gasteiger partial charge in [-0.15, -0.1) is 4.74 Å². The number of aryl methyl sites for hydroxylation is 2. The predicted molar refractivity (Wildman–Crippen MR) is 102 cm³/mol. The van der Waals surface area contributed by atoms with E-state index in [2.05, 4.69) is 48.9 Å². The number of hydrogen-bond donors (Lipinski definition) is 2. The molecule has 25 heavy (non-hydrogen) atoms. The maximum Gasteiger partial charge on any atom is 0.594 e. The average molecular weight is 348 g/mol. The van der Waals surface area contributed by atoms with E-state index in [9.17, 15) is 4.79 Å². The van der Waals surface area contributed by atoms with Crippen molar-refractivity contribution in [1.82, 2.24) is 0 Å². The summed E-state index contributed by atoms with van der Waals surface area (Å²) in [5.74, 6) is 0. The van der Waals surface area contributed by atoms with Crippen LogP contribution in [0.3, 0.4) is 0 Å². The maximum absolute atomic E-state index is 11.0. The first-order valence-corrected chi connectivity index (χ1v) is 8.92. The minimum Gasteiger partial charge on any atom is -0.427 e. The molecule has 0 radical (unpaired) electrons. The first kappa shape index (κ1) is 17.1. The summed E-state index contributed by atoms with van der Waals surface area (Å²) in [4.78, 5) is 11.0. The molecule has 1 amide bonds. The molecule has 2 N–H and O–H groups in total. The van der Waals surface area contributed by atoms with Gasteiger partial charge in [-0.25, -0.2) is 0 Å². The molecule has 3 nitrogen and oxygen atoms in total. The highest BCUT2D eigenvalue weighted by atomic mass is 31.1. The van der Waals surface area contributed by atoms with E-state index in [0.717, 1.165) is 33.1 Å². The van der Waals surface area contributed by atoms with Crippen molar-refractivity contribution in [2.24, 2.45) is 0 Å². The molecule has 4 heteroatoms. The highest BCUT2D eigenvalue weighted by Gasteiger charge is 2.17. The van der Waals surface area contributed by atoms with Gasteiger partial charge in [-0.1, -0.05) is 60.7 Å². The molecule has 0 aromatic heterocycles. The molecule has 124 valence electrons. The summed E-state index contributed by atoms with van der Waals surface area (Å²) >= 11 is 0. The van der Waals surface area contributed by atoms with Crippen molar-refractivity contribution in [2.75, 3.05) is 0 Å². The lowest BCUT2D eigenvalue weighted by Gasteiger charge is -2.15. The lowest BCUT2D eigenvalue weighted by Crippen LogP contribution is -2.67. The van der Waals surface area contributed by atoms with Gasteiger partial charge in [0.25, 0.3) is 8.37 Å². The molecule has 0 atom stereocenters. The van der Waals surface area contributed by atoms with E-state index in [4.69, 9.17) is 5.11 Å². The molecule has 0 bridgehead atoms. The van der Waals surface area contributed by atoms with Crippen LogP contribution in [0.1, 0.15) is 11.1 Å². The van der Waals surface area contributed by atoms with Crippen molar-refractivity contribution in [2.45, 2.75) is 13.8 Å². The first-order chi connectivity index (χ1) is 12.1. The molecule has 3 aromatic rings. The Hall–Kier alpha value is -2.77. The van der Waals surface area contributed by atoms with E-state index in [0.29, 0.717) is 8.37 Å². The summed E-state index contributed by atoms with van der Waals surface area (Å²) in [6, 6.07) is 22.5. The Morgan fingerprint density at radius 2 is 1.36 bits per heavy atom. The molecule has 3 rings (SSSR count). The molecule has 0 spiro atoms. The van der Waals surface area contributed by atoms with Gasteiger partial charge in [-0.3, -0.25) is 0 Å². The van der Waals surface area contributed by atoms with Crippen LogP contribution in [0.25, 0.3) is 22.3 Å². The molecule has 0 aliphatic carbocycles. The van der Waals surface area contributed by atoms with Gasteiger partial charge < -0.3 is 5.11 Å². The zero-order valence-corrected chi connectivity index (χ0v) is 15.0. The fourth-order valence-electron chi connectivity index (χ4n) is 2.98. The molecule has 0 aliphatic rings. The Balaban J connectivity index is 2.33. The second-order valence-electron chi connectivity index (χ2n) is 5.86. The number of hydrogen-bond acceptors (Lipinski definition) is 1. The standard InChI is InChI=1S/C21H18NO2P/c1-14-8-3-5-10-16(14)18-12-7-13-19(25-22-21(23)24)20(18)17-11-6-4-9-15(17)2/h3-13H,1-2H3,(H,23,24)/p+1. The predicted octanol–water partition coefficient (Wildman–Crippen LogP) is 4.15. The smallest absolute Gasteiger partial charge is 0.427 e. The molecule has 3 aromatic carbocycles. The van der Waals surface area contributed by atoms with Crippen LogP contribution in [0.2, 0.25) is 0 Å². The lowest BCUT2D eigenvalue weighted by atomic mass is 9.90. The number of carbonyl (C=O) groups is 1. The second-order valence-corrected chi connectivity index (χ2v) is 6.79. The summed E-state index contributed by atoms with van der Waals surface area (Å²) in [7, 11) is 0.559. The zero-order chi connectivity index (χ0) is 17.8. The number of amides is 1. The first-order valence-electron chi connectivity index (χ1n) is 8.02. The maximum atomic E-state index is 11.0. The number of rotatable bonds is 3. The Bertz CT molecular complexity index is 964. The number of carboxylic acid groups (broad SMARTS) is 1. The van der Waals surface area contributed by atoms with Crippen LogP contribution >= 0.6 is 8.37 Å². The third-order valence-corrected chi connectivity index (χ3v) is 5.08. The molecule has 0 heterocycles. The van der Waals surface area contributed by atoms with Gasteiger partial charge in [0, 0.05) is 5.56 Å². The third kappa shape index (κ3) is 3.67. The van der Waals surface area contributed by atoms with Gasteiger partial charge in [0.05, 0.1) is 5.30 Å². The van der Waals surface area contributed by atoms with Gasteiger partial charge >= 0.3 is 6.09 Å². The van der Waals surface area contributed by atoms with E-state index < -0.39 is 6.09 Å². The summed E-state index contributed by atoms with van der Waals surface area (Å²) in [6.45, 7) is 4.17. The highest BCUT2D eigenvalue weighted by Crippen LogP contribution is 2.35. The van der Waals surface area contributed by atoms with E-state index >= 15 is 0 Å². The minimum absolute atomic E-state index is 0.559. The fourth-order valence-corrected chi connectivity index (χ4v) is 3.71. The minimum atomic E-state index is -1.03. The molecular weight excluding hydrogens is 329 g/mol. The highest BCUT2D eigenvalue weighted by molar-refractivity contribution is 7.34. The summed E-state index contributed by atoms with van der Waals surface area (Å²) < 4.78 is 2.47. The summed E-state index contributed by atoms with van der Waals surface area (Å²) in [6.07, 6.45) is -1.03. The third-order valence-electron chi connectivity index (χ3n) is 4.16. The van der Waals surface area contributed by atoms with Gasteiger partial charge in [0.2, 0.25) is 0 Å². The van der Waals surface area contributed by atoms with Gasteiger partial charge in [-0.2, -0.15) is 4.79 Å². The SMILES string of the molecule is Cc1ccccc1-c1cccc(P=[NH+]C(=O)O)c1-c1ccccc1C. The summed E-state index contributed by atoms with van der Waals surface area (Å²) in [5, 5.41) is 9.95. The zero-order valence-electron chi connectivity index (χ0n) is 14.2. The van der Waals surface area contributed by atoms with Crippen LogP contribution in [0.4, 0.5) is 4.79 Å². The van der Waals surface area contributed by atoms with Gasteiger partial charge in [0.1, 0.15) is 0 Å². The van der Waals surface area contributed by atoms with Crippen LogP contribution in [0.5, 0.6) is 0 Å². The summed E-state index contributed by atoms with van der Waals surface area (Å²) in [5.41, 5.74) is 6.83. The van der Waals surface area contributed by atoms with Crippen LogP contribution in [0.15, 0.2) is 66.7 Å². The van der Waals surface area contributed by atoms with Crippen LogP contribution < -0.4 is 10.0 Å². The number of benzene rings is 3. The van der Waals surface area contributed by atoms with Crippen molar-refractivity contribution in [1.29, 1.82) is 0 Å². The van der Waals surface area contributed by atoms with Crippen LogP contribution in [-0.4, -0.2) is 11.2 Å². The van der Waals surface area contributed by atoms with E-state index in [1.54, 1.807) is 0 Å². The molecule has 0 fully saturated rings. The fraction of sp³-hybridized carbons (Fsp3) is 0.0952. The molecule has 0 saturated carbocycles. The van der Waals surface area contributed by atoms with Crippen molar-refractivity contribution >= 4 is 19.8 Å². The Morgan fingerprint density at radius 1 is 0.800 bits per heavy atom. The normalized spacial score (nSPS) is 11.0. The lowest BCUT2D eigenvalue weighted by molar-refractivity contribution is -0.334. The average Bonchev–Trinajstić information content (AvgIpc) is 2.61. The van der Waals surface area contributed by atoms with Gasteiger partial charge in [0.15, 0.2) is 0 Å². The molecular formula is C21H19NO2P+. The van der Waals surface area contributed by atoms with Crippen molar-refractivity contribution in [3.63, 3.8) is 0 Å². The van der Waals surface area contributed by atoms with Crippen molar-refractivity contribution < 1.29 is 14.6 Å². The molecule has 0 aliphatic heterocycles. The topological polar surface area (TPSA) is 51.3 Å². The van der Waals surface area contributed by atoms with Gasteiger partial charge in [-0.05, 0) is 47.7 Å².